The van der Waals surface area contributed by atoms with Crippen LogP contribution in [0, 0.1) is 12.8 Å². The van der Waals surface area contributed by atoms with Crippen molar-refractivity contribution in [1.82, 2.24) is 19.1 Å². The summed E-state index contributed by atoms with van der Waals surface area (Å²) in [5.74, 6) is 1.63. The Labute approximate surface area is 191 Å². The van der Waals surface area contributed by atoms with Gasteiger partial charge in [0.05, 0.1) is 10.2 Å². The number of rotatable bonds is 6. The molecule has 0 bridgehead atoms. The highest BCUT2D eigenvalue weighted by atomic mass is 32.1. The van der Waals surface area contributed by atoms with Crippen molar-refractivity contribution in [1.29, 1.82) is 0 Å². The zero-order valence-corrected chi connectivity index (χ0v) is 19.2. The van der Waals surface area contributed by atoms with Gasteiger partial charge in [-0.05, 0) is 61.6 Å². The second-order valence-corrected chi connectivity index (χ2v) is 9.68. The number of hydrogen-bond donors (Lipinski definition) is 0. The first-order valence-corrected chi connectivity index (χ1v) is 12.3. The van der Waals surface area contributed by atoms with Crippen LogP contribution in [-0.4, -0.2) is 38.1 Å². The van der Waals surface area contributed by atoms with Crippen LogP contribution in [0.15, 0.2) is 52.6 Å². The van der Waals surface area contributed by atoms with E-state index in [1.165, 1.54) is 10.2 Å². The molecule has 0 N–H and O–H groups in total. The van der Waals surface area contributed by atoms with E-state index in [9.17, 15) is 9.59 Å². The molecule has 1 aliphatic rings. The van der Waals surface area contributed by atoms with E-state index in [0.29, 0.717) is 30.8 Å². The van der Waals surface area contributed by atoms with E-state index in [4.69, 9.17) is 0 Å². The standard InChI is InChI=1S/C25H28N4O2S/c1-18-26-28(25(31)22-17-23-21(29(18)22)11-15-32-23)12-5-8-24(30)27-13-9-20(10-14-27)16-19-6-3-2-4-7-19/h2-4,6-7,11,15,17,20H,5,8-10,12-14,16H2,1H3. The third kappa shape index (κ3) is 4.09. The van der Waals surface area contributed by atoms with E-state index in [1.54, 1.807) is 11.3 Å². The number of thiophene rings is 1. The lowest BCUT2D eigenvalue weighted by atomic mass is 9.90. The van der Waals surface area contributed by atoms with Gasteiger partial charge in [-0.25, -0.2) is 4.68 Å². The summed E-state index contributed by atoms with van der Waals surface area (Å²) >= 11 is 1.63. The maximum atomic E-state index is 12.9. The van der Waals surface area contributed by atoms with E-state index < -0.39 is 0 Å². The average molecular weight is 449 g/mol. The van der Waals surface area contributed by atoms with Crippen LogP contribution in [-0.2, 0) is 17.8 Å². The van der Waals surface area contributed by atoms with Crippen molar-refractivity contribution in [2.24, 2.45) is 5.92 Å². The number of aromatic nitrogens is 3. The fourth-order valence-corrected chi connectivity index (χ4v) is 5.66. The smallest absolute Gasteiger partial charge is 0.291 e. The molecule has 1 aliphatic heterocycles. The number of carbonyl (C=O) groups excluding carboxylic acids is 1. The highest BCUT2D eigenvalue weighted by Crippen LogP contribution is 2.25. The SMILES string of the molecule is Cc1nn(CCCC(=O)N2CCC(Cc3ccccc3)CC2)c(=O)c2cc3sccc3n12. The van der Waals surface area contributed by atoms with Crippen molar-refractivity contribution in [3.8, 4) is 0 Å². The molecule has 4 heterocycles. The van der Waals surface area contributed by atoms with Gasteiger partial charge in [0.1, 0.15) is 11.3 Å². The van der Waals surface area contributed by atoms with Gasteiger partial charge in [-0.3, -0.25) is 14.0 Å². The highest BCUT2D eigenvalue weighted by molar-refractivity contribution is 7.17. The van der Waals surface area contributed by atoms with Crippen molar-refractivity contribution in [2.75, 3.05) is 13.1 Å². The summed E-state index contributed by atoms with van der Waals surface area (Å²) in [5.41, 5.74) is 2.98. The molecule has 1 saturated heterocycles. The Hall–Kier alpha value is -2.93. The third-order valence-corrected chi connectivity index (χ3v) is 7.41. The molecule has 0 spiro atoms. The second-order valence-electron chi connectivity index (χ2n) is 8.73. The van der Waals surface area contributed by atoms with Gasteiger partial charge in [-0.1, -0.05) is 30.3 Å². The maximum absolute atomic E-state index is 12.9. The molecule has 0 unspecified atom stereocenters. The summed E-state index contributed by atoms with van der Waals surface area (Å²) in [6.07, 6.45) is 4.29. The number of amides is 1. The fourth-order valence-electron chi connectivity index (χ4n) is 4.85. The molecule has 32 heavy (non-hydrogen) atoms. The Bertz CT molecular complexity index is 1300. The molecule has 0 saturated carbocycles. The minimum absolute atomic E-state index is 0.0897. The van der Waals surface area contributed by atoms with Gasteiger partial charge in [-0.15, -0.1) is 11.3 Å². The minimum atomic E-state index is -0.0897. The normalized spacial score (nSPS) is 15.1. The molecule has 0 aliphatic carbocycles. The monoisotopic (exact) mass is 448 g/mol. The number of carbonyl (C=O) groups is 1. The molecule has 3 aromatic heterocycles. The molecule has 6 nitrogen and oxygen atoms in total. The van der Waals surface area contributed by atoms with Crippen molar-refractivity contribution in [2.45, 2.75) is 45.6 Å². The number of nitrogens with zero attached hydrogens (tertiary/aromatic N) is 4. The van der Waals surface area contributed by atoms with Gasteiger partial charge >= 0.3 is 0 Å². The Morgan fingerprint density at radius 1 is 1.12 bits per heavy atom. The molecule has 5 rings (SSSR count). The van der Waals surface area contributed by atoms with Gasteiger partial charge < -0.3 is 4.90 Å². The molecular weight excluding hydrogens is 420 g/mol. The number of aryl methyl sites for hydroxylation is 2. The van der Waals surface area contributed by atoms with E-state index in [1.807, 2.05) is 33.7 Å². The Morgan fingerprint density at radius 3 is 2.69 bits per heavy atom. The van der Waals surface area contributed by atoms with E-state index in [0.717, 1.165) is 48.4 Å². The van der Waals surface area contributed by atoms with Crippen LogP contribution in [0.3, 0.4) is 0 Å². The van der Waals surface area contributed by atoms with Crippen molar-refractivity contribution in [3.63, 3.8) is 0 Å². The predicted octanol–water partition coefficient (Wildman–Crippen LogP) is 4.28. The Morgan fingerprint density at radius 2 is 1.91 bits per heavy atom. The quantitative estimate of drug-likeness (QED) is 0.442. The van der Waals surface area contributed by atoms with Crippen LogP contribution in [0.4, 0.5) is 0 Å². The zero-order valence-electron chi connectivity index (χ0n) is 18.4. The molecule has 166 valence electrons. The summed E-state index contributed by atoms with van der Waals surface area (Å²) in [7, 11) is 0. The lowest BCUT2D eigenvalue weighted by Crippen LogP contribution is -2.39. The third-order valence-electron chi connectivity index (χ3n) is 6.56. The number of hydrogen-bond acceptors (Lipinski definition) is 4. The zero-order chi connectivity index (χ0) is 22.1. The Kier molecular flexibility index (Phi) is 5.83. The van der Waals surface area contributed by atoms with Crippen LogP contribution < -0.4 is 5.56 Å². The van der Waals surface area contributed by atoms with E-state index >= 15 is 0 Å². The number of fused-ring (bicyclic) bond motifs is 3. The van der Waals surface area contributed by atoms with Crippen LogP contribution in [0.25, 0.3) is 15.7 Å². The number of benzene rings is 1. The molecule has 0 atom stereocenters. The first kappa shape index (κ1) is 20.9. The summed E-state index contributed by atoms with van der Waals surface area (Å²) in [6.45, 7) is 4.05. The number of piperidine rings is 1. The minimum Gasteiger partial charge on any atom is -0.343 e. The number of likely N-dealkylation sites (tertiary alicyclic amines) is 1. The summed E-state index contributed by atoms with van der Waals surface area (Å²) < 4.78 is 4.54. The van der Waals surface area contributed by atoms with Gasteiger partial charge in [0, 0.05) is 26.1 Å². The van der Waals surface area contributed by atoms with E-state index in [2.05, 4.69) is 35.4 Å². The fraction of sp³-hybridized carbons (Fsp3) is 0.400. The summed E-state index contributed by atoms with van der Waals surface area (Å²) in [5, 5.41) is 6.53. The lowest BCUT2D eigenvalue weighted by molar-refractivity contribution is -0.132. The van der Waals surface area contributed by atoms with Gasteiger partial charge in [0.25, 0.3) is 5.56 Å². The molecule has 7 heteroatoms. The van der Waals surface area contributed by atoms with Crippen LogP contribution >= 0.6 is 11.3 Å². The predicted molar refractivity (Wildman–Crippen MR) is 128 cm³/mol. The van der Waals surface area contributed by atoms with Crippen molar-refractivity contribution >= 4 is 33.0 Å². The van der Waals surface area contributed by atoms with Crippen LogP contribution in [0.5, 0.6) is 0 Å². The average Bonchev–Trinajstić information content (AvgIpc) is 3.40. The molecule has 1 amide bonds. The van der Waals surface area contributed by atoms with Gasteiger partial charge in [-0.2, -0.15) is 5.10 Å². The second kappa shape index (κ2) is 8.90. The largest absolute Gasteiger partial charge is 0.343 e. The van der Waals surface area contributed by atoms with Gasteiger partial charge in [0.2, 0.25) is 5.91 Å². The first-order valence-electron chi connectivity index (χ1n) is 11.4. The molecule has 0 radical (unpaired) electrons. The molecule has 4 aromatic rings. The topological polar surface area (TPSA) is 59.6 Å². The Balaban J connectivity index is 1.16. The summed E-state index contributed by atoms with van der Waals surface area (Å²) in [6, 6.07) is 14.6. The maximum Gasteiger partial charge on any atom is 0.291 e. The van der Waals surface area contributed by atoms with Gasteiger partial charge in [0.15, 0.2) is 0 Å². The highest BCUT2D eigenvalue weighted by Gasteiger charge is 2.23. The van der Waals surface area contributed by atoms with Crippen molar-refractivity contribution < 1.29 is 4.79 Å². The van der Waals surface area contributed by atoms with Crippen LogP contribution in [0.2, 0.25) is 0 Å². The van der Waals surface area contributed by atoms with E-state index in [-0.39, 0.29) is 11.5 Å². The van der Waals surface area contributed by atoms with Crippen LogP contribution in [0.1, 0.15) is 37.1 Å². The lowest BCUT2D eigenvalue weighted by Gasteiger charge is -2.32. The molecule has 1 aromatic carbocycles. The summed E-state index contributed by atoms with van der Waals surface area (Å²) in [4.78, 5) is 27.6. The molecular formula is C25H28N4O2S. The van der Waals surface area contributed by atoms with Crippen molar-refractivity contribution in [3.05, 3.63) is 69.6 Å². The first-order chi connectivity index (χ1) is 15.6. The molecule has 1 fully saturated rings.